The highest BCUT2D eigenvalue weighted by Gasteiger charge is 2.24. The van der Waals surface area contributed by atoms with Gasteiger partial charge in [-0.1, -0.05) is 27.7 Å². The van der Waals surface area contributed by atoms with Gasteiger partial charge < -0.3 is 10.6 Å². The fourth-order valence-corrected chi connectivity index (χ4v) is 2.35. The van der Waals surface area contributed by atoms with Crippen LogP contribution in [0, 0.1) is 11.3 Å². The topological polar surface area (TPSA) is 41.1 Å². The Balaban J connectivity index is 2.29. The van der Waals surface area contributed by atoms with Crippen LogP contribution in [0.2, 0.25) is 0 Å². The van der Waals surface area contributed by atoms with Crippen molar-refractivity contribution in [2.24, 2.45) is 11.3 Å². The molecule has 0 spiro atoms. The van der Waals surface area contributed by atoms with Gasteiger partial charge in [0.1, 0.15) is 0 Å². The maximum atomic E-state index is 11.8. The van der Waals surface area contributed by atoms with Gasteiger partial charge in [-0.05, 0) is 11.3 Å². The Hall–Kier alpha value is -0.220. The first-order chi connectivity index (χ1) is 7.41. The van der Waals surface area contributed by atoms with Crippen LogP contribution in [0.3, 0.4) is 0 Å². The van der Waals surface area contributed by atoms with Gasteiger partial charge in [0.15, 0.2) is 0 Å². The Morgan fingerprint density at radius 3 is 2.75 bits per heavy atom. The van der Waals surface area contributed by atoms with Crippen molar-refractivity contribution < 1.29 is 4.79 Å². The third kappa shape index (κ3) is 4.34. The average molecular weight is 244 g/mol. The molecule has 0 aliphatic carbocycles. The maximum Gasteiger partial charge on any atom is 0.238 e. The van der Waals surface area contributed by atoms with Crippen LogP contribution < -0.4 is 10.6 Å². The molecule has 2 atom stereocenters. The van der Waals surface area contributed by atoms with Crippen LogP contribution in [0.5, 0.6) is 0 Å². The van der Waals surface area contributed by atoms with Crippen molar-refractivity contribution in [3.8, 4) is 0 Å². The van der Waals surface area contributed by atoms with Crippen LogP contribution >= 0.6 is 11.8 Å². The number of rotatable bonds is 3. The minimum Gasteiger partial charge on any atom is -0.354 e. The second-order valence-electron chi connectivity index (χ2n) is 5.59. The molecule has 2 N–H and O–H groups in total. The van der Waals surface area contributed by atoms with Gasteiger partial charge in [0.25, 0.3) is 0 Å². The van der Waals surface area contributed by atoms with Gasteiger partial charge in [0.2, 0.25) is 5.91 Å². The highest BCUT2D eigenvalue weighted by molar-refractivity contribution is 7.99. The summed E-state index contributed by atoms with van der Waals surface area (Å²) in [7, 11) is 0. The van der Waals surface area contributed by atoms with Crippen molar-refractivity contribution in [2.75, 3.05) is 24.6 Å². The zero-order valence-electron chi connectivity index (χ0n) is 10.8. The van der Waals surface area contributed by atoms with Crippen molar-refractivity contribution in [2.45, 2.75) is 33.7 Å². The van der Waals surface area contributed by atoms with Crippen molar-refractivity contribution in [1.29, 1.82) is 0 Å². The molecular formula is C12H24N2OS. The van der Waals surface area contributed by atoms with E-state index in [-0.39, 0.29) is 17.4 Å². The van der Waals surface area contributed by atoms with Gasteiger partial charge in [0, 0.05) is 24.6 Å². The number of amides is 1. The molecule has 0 saturated carbocycles. The standard InChI is InChI=1S/C12H24N2OS/c1-9(12(2,3)4)7-14-11(15)10-8-16-6-5-13-10/h9-10,13H,5-8H2,1-4H3,(H,14,15). The van der Waals surface area contributed by atoms with Crippen LogP contribution in [0.25, 0.3) is 0 Å². The van der Waals surface area contributed by atoms with Gasteiger partial charge >= 0.3 is 0 Å². The fourth-order valence-electron chi connectivity index (χ4n) is 1.42. The second-order valence-corrected chi connectivity index (χ2v) is 6.74. The first kappa shape index (κ1) is 13.8. The lowest BCUT2D eigenvalue weighted by Gasteiger charge is -2.29. The van der Waals surface area contributed by atoms with Gasteiger partial charge in [-0.25, -0.2) is 0 Å². The molecule has 1 heterocycles. The highest BCUT2D eigenvalue weighted by atomic mass is 32.2. The Labute approximate surface area is 103 Å². The Morgan fingerprint density at radius 2 is 2.25 bits per heavy atom. The van der Waals surface area contributed by atoms with Gasteiger partial charge in [-0.2, -0.15) is 11.8 Å². The monoisotopic (exact) mass is 244 g/mol. The summed E-state index contributed by atoms with van der Waals surface area (Å²) in [4.78, 5) is 11.8. The second kappa shape index (κ2) is 5.92. The van der Waals surface area contributed by atoms with E-state index in [0.29, 0.717) is 5.92 Å². The quantitative estimate of drug-likeness (QED) is 0.790. The molecule has 1 saturated heterocycles. The molecule has 0 aromatic rings. The van der Waals surface area contributed by atoms with Crippen LogP contribution in [0.4, 0.5) is 0 Å². The Kier molecular flexibility index (Phi) is 5.12. The Morgan fingerprint density at radius 1 is 1.56 bits per heavy atom. The largest absolute Gasteiger partial charge is 0.354 e. The fraction of sp³-hybridized carbons (Fsp3) is 0.917. The molecule has 0 aromatic heterocycles. The van der Waals surface area contributed by atoms with E-state index in [4.69, 9.17) is 0 Å². The number of hydrogen-bond acceptors (Lipinski definition) is 3. The summed E-state index contributed by atoms with van der Waals surface area (Å²) in [5.41, 5.74) is 0.252. The summed E-state index contributed by atoms with van der Waals surface area (Å²) in [6.45, 7) is 10.5. The number of carbonyl (C=O) groups excluding carboxylic acids is 1. The molecular weight excluding hydrogens is 220 g/mol. The summed E-state index contributed by atoms with van der Waals surface area (Å²) in [6, 6.07) is 0.00548. The first-order valence-corrected chi connectivity index (χ1v) is 7.15. The van der Waals surface area contributed by atoms with E-state index in [1.165, 1.54) is 0 Å². The lowest BCUT2D eigenvalue weighted by atomic mass is 9.82. The normalized spacial score (nSPS) is 23.9. The smallest absolute Gasteiger partial charge is 0.238 e. The lowest BCUT2D eigenvalue weighted by molar-refractivity contribution is -0.122. The van der Waals surface area contributed by atoms with E-state index in [9.17, 15) is 4.79 Å². The molecule has 2 unspecified atom stereocenters. The number of hydrogen-bond donors (Lipinski definition) is 2. The van der Waals surface area contributed by atoms with Crippen molar-refractivity contribution >= 4 is 17.7 Å². The van der Waals surface area contributed by atoms with Crippen LogP contribution in [-0.4, -0.2) is 36.5 Å². The van der Waals surface area contributed by atoms with Crippen LogP contribution in [0.15, 0.2) is 0 Å². The molecule has 1 aliphatic rings. The van der Waals surface area contributed by atoms with E-state index in [1.807, 2.05) is 11.8 Å². The number of thioether (sulfide) groups is 1. The van der Waals surface area contributed by atoms with E-state index in [0.717, 1.165) is 24.6 Å². The van der Waals surface area contributed by atoms with Gasteiger partial charge in [-0.3, -0.25) is 4.79 Å². The third-order valence-corrected chi connectivity index (χ3v) is 4.36. The molecule has 4 heteroatoms. The minimum atomic E-state index is 0.00548. The minimum absolute atomic E-state index is 0.00548. The summed E-state index contributed by atoms with van der Waals surface area (Å²) >= 11 is 1.85. The number of nitrogens with one attached hydrogen (secondary N) is 2. The van der Waals surface area contributed by atoms with Gasteiger partial charge in [-0.15, -0.1) is 0 Å². The highest BCUT2D eigenvalue weighted by Crippen LogP contribution is 2.24. The van der Waals surface area contributed by atoms with E-state index in [2.05, 4.69) is 38.3 Å². The predicted octanol–water partition coefficient (Wildman–Crippen LogP) is 1.49. The molecule has 0 aromatic carbocycles. The van der Waals surface area contributed by atoms with Crippen molar-refractivity contribution in [3.05, 3.63) is 0 Å². The average Bonchev–Trinajstić information content (AvgIpc) is 2.25. The molecule has 1 rings (SSSR count). The van der Waals surface area contributed by atoms with E-state index >= 15 is 0 Å². The first-order valence-electron chi connectivity index (χ1n) is 6.00. The summed E-state index contributed by atoms with van der Waals surface area (Å²) in [5.74, 6) is 2.66. The summed E-state index contributed by atoms with van der Waals surface area (Å²) in [6.07, 6.45) is 0. The van der Waals surface area contributed by atoms with Crippen molar-refractivity contribution in [1.82, 2.24) is 10.6 Å². The van der Waals surface area contributed by atoms with E-state index < -0.39 is 0 Å². The van der Waals surface area contributed by atoms with E-state index in [1.54, 1.807) is 0 Å². The lowest BCUT2D eigenvalue weighted by Crippen LogP contribution is -2.50. The Bertz CT molecular complexity index is 232. The van der Waals surface area contributed by atoms with Crippen LogP contribution in [-0.2, 0) is 4.79 Å². The molecule has 16 heavy (non-hydrogen) atoms. The zero-order valence-corrected chi connectivity index (χ0v) is 11.6. The number of carbonyl (C=O) groups is 1. The maximum absolute atomic E-state index is 11.8. The summed E-state index contributed by atoms with van der Waals surface area (Å²) < 4.78 is 0. The summed E-state index contributed by atoms with van der Waals surface area (Å²) in [5, 5.41) is 6.29. The van der Waals surface area contributed by atoms with Gasteiger partial charge in [0.05, 0.1) is 6.04 Å². The molecule has 0 bridgehead atoms. The predicted molar refractivity (Wildman–Crippen MR) is 70.7 cm³/mol. The molecule has 94 valence electrons. The molecule has 0 radical (unpaired) electrons. The molecule has 1 fully saturated rings. The third-order valence-electron chi connectivity index (χ3n) is 3.30. The zero-order chi connectivity index (χ0) is 12.2. The molecule has 3 nitrogen and oxygen atoms in total. The molecule has 1 amide bonds. The molecule has 1 aliphatic heterocycles. The van der Waals surface area contributed by atoms with Crippen molar-refractivity contribution in [3.63, 3.8) is 0 Å². The van der Waals surface area contributed by atoms with Crippen LogP contribution in [0.1, 0.15) is 27.7 Å². The SMILES string of the molecule is CC(CNC(=O)C1CSCCN1)C(C)(C)C.